The van der Waals surface area contributed by atoms with Crippen LogP contribution in [0.1, 0.15) is 27.8 Å². The molecule has 0 atom stereocenters. The van der Waals surface area contributed by atoms with Gasteiger partial charge in [-0.1, -0.05) is 0 Å². The Morgan fingerprint density at radius 3 is 2.58 bits per heavy atom. The van der Waals surface area contributed by atoms with Crippen molar-refractivity contribution in [3.63, 3.8) is 0 Å². The van der Waals surface area contributed by atoms with E-state index in [2.05, 4.69) is 4.74 Å². The van der Waals surface area contributed by atoms with Crippen LogP contribution in [0.4, 0.5) is 0 Å². The molecule has 0 bridgehead atoms. The van der Waals surface area contributed by atoms with Crippen LogP contribution in [0.5, 0.6) is 0 Å². The highest BCUT2D eigenvalue weighted by Crippen LogP contribution is 2.23. The number of nitrogens with zero attached hydrogens (tertiary/aromatic N) is 2. The van der Waals surface area contributed by atoms with Crippen LogP contribution >= 0.6 is 30.3 Å². The summed E-state index contributed by atoms with van der Waals surface area (Å²) in [6.07, 6.45) is 3.38. The number of hydrogen-bond donors (Lipinski definition) is 0. The zero-order chi connectivity index (χ0) is 14.6. The molecule has 0 radical (unpaired) electrons. The van der Waals surface area contributed by atoms with Crippen LogP contribution < -0.4 is 0 Å². The van der Waals surface area contributed by atoms with E-state index in [0.717, 1.165) is 0 Å². The number of halogens is 1. The Hall–Kier alpha value is -0.960. The Balaban J connectivity index is 3.12. The number of esters is 1. The molecule has 0 unspecified atom stereocenters. The third-order valence-electron chi connectivity index (χ3n) is 2.33. The number of carbonyl (C=O) groups is 2. The summed E-state index contributed by atoms with van der Waals surface area (Å²) in [6, 6.07) is 1.55. The van der Waals surface area contributed by atoms with E-state index < -0.39 is 5.97 Å². The van der Waals surface area contributed by atoms with Gasteiger partial charge in [0.25, 0.3) is 0 Å². The highest BCUT2D eigenvalue weighted by atomic mass is 127. The average Bonchev–Trinajstić information content (AvgIpc) is 2.80. The Labute approximate surface area is 128 Å². The minimum Gasteiger partial charge on any atom is -0.464 e. The molecule has 1 rings (SSSR count). The lowest BCUT2D eigenvalue weighted by molar-refractivity contribution is 0.0593. The van der Waals surface area contributed by atoms with E-state index in [1.165, 1.54) is 16.2 Å². The molecule has 0 aliphatic rings. The molecule has 0 fully saturated rings. The summed E-state index contributed by atoms with van der Waals surface area (Å²) < 4.78 is 6.30. The number of rotatable bonds is 5. The van der Waals surface area contributed by atoms with Crippen molar-refractivity contribution in [2.24, 2.45) is 0 Å². The van der Waals surface area contributed by atoms with Crippen LogP contribution in [0.15, 0.2) is 24.0 Å². The van der Waals surface area contributed by atoms with Crippen LogP contribution in [0.3, 0.4) is 0 Å². The molecular weight excluding hydrogens is 379 g/mol. The molecule has 0 N–H and O–H groups in total. The van der Waals surface area contributed by atoms with Crippen molar-refractivity contribution in [2.75, 3.05) is 21.2 Å². The number of allylic oxidation sites excluding steroid dienone is 1. The van der Waals surface area contributed by atoms with E-state index in [1.807, 2.05) is 35.3 Å². The predicted octanol–water partition coefficient (Wildman–Crippen LogP) is 2.77. The first-order chi connectivity index (χ1) is 8.90. The molecule has 0 aromatic carbocycles. The molecule has 104 valence electrons. The van der Waals surface area contributed by atoms with Gasteiger partial charge in [-0.2, -0.15) is 0 Å². The molecule has 5 nitrogen and oxygen atoms in total. The second-order valence-electron chi connectivity index (χ2n) is 4.11. The van der Waals surface area contributed by atoms with Gasteiger partial charge in [0.15, 0.2) is 5.78 Å². The maximum Gasteiger partial charge on any atom is 0.355 e. The van der Waals surface area contributed by atoms with Crippen molar-refractivity contribution in [1.82, 2.24) is 8.87 Å². The molecule has 0 aliphatic carbocycles. The largest absolute Gasteiger partial charge is 0.464 e. The van der Waals surface area contributed by atoms with Crippen molar-refractivity contribution in [3.8, 4) is 0 Å². The van der Waals surface area contributed by atoms with Gasteiger partial charge in [-0.3, -0.25) is 8.77 Å². The lowest BCUT2D eigenvalue weighted by Gasteiger charge is -2.06. The molecule has 7 heteroatoms. The van der Waals surface area contributed by atoms with Gasteiger partial charge in [-0.25, -0.2) is 4.79 Å². The van der Waals surface area contributed by atoms with Gasteiger partial charge in [0.2, 0.25) is 0 Å². The summed E-state index contributed by atoms with van der Waals surface area (Å²) in [5, 5.41) is 0. The van der Waals surface area contributed by atoms with Crippen LogP contribution in [-0.2, 0) is 4.74 Å². The number of carbonyl (C=O) groups excluding carboxylic acids is 2. The molecule has 1 heterocycles. The first kappa shape index (κ1) is 16.1. The second kappa shape index (κ2) is 6.99. The van der Waals surface area contributed by atoms with E-state index >= 15 is 0 Å². The SMILES string of the molecule is COC(=O)c1cc(C(=O)/C(C)=C/N(C)C)cn1SI. The van der Waals surface area contributed by atoms with E-state index in [-0.39, 0.29) is 5.78 Å². The Morgan fingerprint density at radius 2 is 2.11 bits per heavy atom. The smallest absolute Gasteiger partial charge is 0.355 e. The first-order valence-corrected chi connectivity index (χ1v) is 8.71. The maximum atomic E-state index is 12.2. The van der Waals surface area contributed by atoms with Gasteiger partial charge in [0.05, 0.1) is 7.11 Å². The Morgan fingerprint density at radius 1 is 1.47 bits per heavy atom. The molecule has 1 aromatic rings. The van der Waals surface area contributed by atoms with Gasteiger partial charge in [0.1, 0.15) is 5.69 Å². The zero-order valence-corrected chi connectivity index (χ0v) is 14.1. The normalized spacial score (nSPS) is 11.3. The van der Waals surface area contributed by atoms with E-state index in [1.54, 1.807) is 34.3 Å². The van der Waals surface area contributed by atoms with Crippen LogP contribution in [0.25, 0.3) is 0 Å². The van der Waals surface area contributed by atoms with Gasteiger partial charge < -0.3 is 9.64 Å². The molecule has 0 saturated heterocycles. The van der Waals surface area contributed by atoms with Gasteiger partial charge >= 0.3 is 5.97 Å². The van der Waals surface area contributed by atoms with Crippen molar-refractivity contribution >= 4 is 42.1 Å². The van der Waals surface area contributed by atoms with E-state index in [0.29, 0.717) is 16.8 Å². The molecule has 0 spiro atoms. The monoisotopic (exact) mass is 394 g/mol. The Kier molecular flexibility index (Phi) is 5.92. The highest BCUT2D eigenvalue weighted by molar-refractivity contribution is 14.2. The fourth-order valence-electron chi connectivity index (χ4n) is 1.55. The molecule has 0 amide bonds. The number of hydrogen-bond acceptors (Lipinski definition) is 5. The Bertz CT molecular complexity index is 523. The zero-order valence-electron chi connectivity index (χ0n) is 11.1. The summed E-state index contributed by atoms with van der Waals surface area (Å²) >= 11 is 2.04. The van der Waals surface area contributed by atoms with Gasteiger partial charge in [-0.05, 0) is 13.0 Å². The fraction of sp³-hybridized carbons (Fsp3) is 0.333. The van der Waals surface area contributed by atoms with Crippen LogP contribution in [0.2, 0.25) is 0 Å². The summed E-state index contributed by atoms with van der Waals surface area (Å²) in [7, 11) is 6.32. The maximum absolute atomic E-state index is 12.2. The molecule has 0 saturated carbocycles. The van der Waals surface area contributed by atoms with Crippen LogP contribution in [-0.4, -0.2) is 41.8 Å². The topological polar surface area (TPSA) is 51.5 Å². The third-order valence-corrected chi connectivity index (χ3v) is 4.05. The highest BCUT2D eigenvalue weighted by Gasteiger charge is 2.18. The molecule has 1 aromatic heterocycles. The summed E-state index contributed by atoms with van der Waals surface area (Å²) in [6.45, 7) is 1.74. The molecular formula is C12H15IN2O3S. The summed E-state index contributed by atoms with van der Waals surface area (Å²) in [4.78, 5) is 25.6. The quantitative estimate of drug-likeness (QED) is 0.333. The van der Waals surface area contributed by atoms with Crippen molar-refractivity contribution in [2.45, 2.75) is 6.92 Å². The van der Waals surface area contributed by atoms with Crippen molar-refractivity contribution in [1.29, 1.82) is 0 Å². The summed E-state index contributed by atoms with van der Waals surface area (Å²) in [5.74, 6) is -0.569. The lowest BCUT2D eigenvalue weighted by atomic mass is 10.1. The lowest BCUT2D eigenvalue weighted by Crippen LogP contribution is -2.07. The molecule has 0 aliphatic heterocycles. The summed E-state index contributed by atoms with van der Waals surface area (Å²) in [5.41, 5.74) is 1.43. The fourth-order valence-corrected chi connectivity index (χ4v) is 2.89. The number of aromatic nitrogens is 1. The first-order valence-electron chi connectivity index (χ1n) is 5.40. The predicted molar refractivity (Wildman–Crippen MR) is 84.6 cm³/mol. The standard InChI is InChI=1S/C12H15IN2O3S/c1-8(6-14(2)3)11(16)9-5-10(12(17)18-4)15(7-9)19-13/h5-7H,1-4H3/b8-6+. The van der Waals surface area contributed by atoms with Crippen LogP contribution in [0, 0.1) is 0 Å². The van der Waals surface area contributed by atoms with E-state index in [4.69, 9.17) is 0 Å². The number of methoxy groups -OCH3 is 1. The molecule has 19 heavy (non-hydrogen) atoms. The van der Waals surface area contributed by atoms with Crippen molar-refractivity contribution in [3.05, 3.63) is 35.3 Å². The number of ketones is 1. The second-order valence-corrected chi connectivity index (χ2v) is 5.82. The van der Waals surface area contributed by atoms with Gasteiger partial charge in [0, 0.05) is 68.0 Å². The van der Waals surface area contributed by atoms with Crippen molar-refractivity contribution < 1.29 is 14.3 Å². The minimum atomic E-state index is -0.461. The number of Topliss-reactive ketones (excluding diaryl/α,β-unsaturated/α-hetero) is 1. The third kappa shape index (κ3) is 4.00. The van der Waals surface area contributed by atoms with E-state index in [9.17, 15) is 9.59 Å². The minimum absolute atomic E-state index is 0.108. The average molecular weight is 394 g/mol. The van der Waals surface area contributed by atoms with Gasteiger partial charge in [-0.15, -0.1) is 0 Å². The number of ether oxygens (including phenoxy) is 1.